The number of aromatic nitrogens is 2. The van der Waals surface area contributed by atoms with Crippen molar-refractivity contribution < 1.29 is 0 Å². The monoisotopic (exact) mass is 237 g/mol. The number of nitrogens with two attached hydrogens (primary N) is 1. The molecule has 1 rings (SSSR count). The van der Waals surface area contributed by atoms with Crippen LogP contribution >= 0.6 is 0 Å². The van der Waals surface area contributed by atoms with Gasteiger partial charge in [-0.15, -0.1) is 0 Å². The van der Waals surface area contributed by atoms with E-state index in [-0.39, 0.29) is 5.54 Å². The lowest BCUT2D eigenvalue weighted by Gasteiger charge is -2.19. The molecule has 0 saturated carbocycles. The van der Waals surface area contributed by atoms with Gasteiger partial charge in [0.2, 0.25) is 0 Å². The third-order valence-corrected chi connectivity index (χ3v) is 2.12. The third kappa shape index (κ3) is 5.49. The Hall–Kier alpha value is -1.36. The number of rotatable bonds is 6. The van der Waals surface area contributed by atoms with Gasteiger partial charge in [0.25, 0.3) is 0 Å². The van der Waals surface area contributed by atoms with Gasteiger partial charge in [-0.25, -0.2) is 9.97 Å². The zero-order valence-corrected chi connectivity index (χ0v) is 11.2. The molecule has 0 bridgehead atoms. The van der Waals surface area contributed by atoms with Crippen LogP contribution in [0.3, 0.4) is 0 Å². The summed E-state index contributed by atoms with van der Waals surface area (Å²) in [5.74, 6) is 2.43. The van der Waals surface area contributed by atoms with Crippen LogP contribution < -0.4 is 16.4 Å². The molecule has 0 aliphatic heterocycles. The van der Waals surface area contributed by atoms with Crippen molar-refractivity contribution in [2.45, 2.75) is 39.7 Å². The topological polar surface area (TPSA) is 75.9 Å². The number of hydrogen-bond acceptors (Lipinski definition) is 5. The molecule has 0 fully saturated rings. The molecule has 0 amide bonds. The highest BCUT2D eigenvalue weighted by atomic mass is 15.1. The zero-order valence-electron chi connectivity index (χ0n) is 11.2. The summed E-state index contributed by atoms with van der Waals surface area (Å²) in [6, 6.07) is 1.91. The standard InChI is InChI=1S/C12H23N5/c1-5-6-14-10-7-11(17-9(2)16-10)15-8-12(3,4)13/h7H,5-6,8,13H2,1-4H3,(H2,14,15,16,17). The van der Waals surface area contributed by atoms with Crippen molar-refractivity contribution >= 4 is 11.6 Å². The van der Waals surface area contributed by atoms with E-state index in [0.717, 1.165) is 30.4 Å². The number of aryl methyl sites for hydroxylation is 1. The van der Waals surface area contributed by atoms with Gasteiger partial charge in [-0.1, -0.05) is 6.92 Å². The summed E-state index contributed by atoms with van der Waals surface area (Å²) in [7, 11) is 0. The van der Waals surface area contributed by atoms with Gasteiger partial charge in [-0.2, -0.15) is 0 Å². The van der Waals surface area contributed by atoms with Gasteiger partial charge in [0.05, 0.1) is 0 Å². The summed E-state index contributed by atoms with van der Waals surface area (Å²) >= 11 is 0. The molecule has 96 valence electrons. The summed E-state index contributed by atoms with van der Waals surface area (Å²) < 4.78 is 0. The van der Waals surface area contributed by atoms with Gasteiger partial charge >= 0.3 is 0 Å². The SMILES string of the molecule is CCCNc1cc(NCC(C)(C)N)nc(C)n1. The Morgan fingerprint density at radius 2 is 1.82 bits per heavy atom. The molecule has 4 N–H and O–H groups in total. The van der Waals surface area contributed by atoms with E-state index in [1.807, 2.05) is 26.8 Å². The second-order valence-electron chi connectivity index (χ2n) is 4.95. The van der Waals surface area contributed by atoms with Crippen LogP contribution in [-0.2, 0) is 0 Å². The first-order valence-electron chi connectivity index (χ1n) is 6.03. The normalized spacial score (nSPS) is 11.4. The lowest BCUT2D eigenvalue weighted by atomic mass is 10.1. The molecule has 0 spiro atoms. The van der Waals surface area contributed by atoms with E-state index in [2.05, 4.69) is 27.5 Å². The predicted octanol–water partition coefficient (Wildman–Crippen LogP) is 1.76. The third-order valence-electron chi connectivity index (χ3n) is 2.12. The van der Waals surface area contributed by atoms with E-state index in [1.54, 1.807) is 0 Å². The molecule has 5 heteroatoms. The molecule has 0 saturated heterocycles. The van der Waals surface area contributed by atoms with Crippen molar-refractivity contribution in [3.63, 3.8) is 0 Å². The van der Waals surface area contributed by atoms with E-state index >= 15 is 0 Å². The van der Waals surface area contributed by atoms with Crippen molar-refractivity contribution in [2.75, 3.05) is 23.7 Å². The summed E-state index contributed by atoms with van der Waals surface area (Å²) in [4.78, 5) is 8.65. The van der Waals surface area contributed by atoms with Crippen molar-refractivity contribution in [2.24, 2.45) is 5.73 Å². The first kappa shape index (κ1) is 13.7. The van der Waals surface area contributed by atoms with Crippen LogP contribution in [0.25, 0.3) is 0 Å². The van der Waals surface area contributed by atoms with Crippen molar-refractivity contribution in [3.8, 4) is 0 Å². The molecular formula is C12H23N5. The highest BCUT2D eigenvalue weighted by Crippen LogP contribution is 2.11. The Kier molecular flexibility index (Phi) is 4.69. The molecular weight excluding hydrogens is 214 g/mol. The average Bonchev–Trinajstić information content (AvgIpc) is 2.22. The first-order chi connectivity index (χ1) is 7.90. The summed E-state index contributed by atoms with van der Waals surface area (Å²) in [5.41, 5.74) is 5.66. The molecule has 1 aromatic rings. The summed E-state index contributed by atoms with van der Waals surface area (Å²) in [5, 5.41) is 6.48. The maximum absolute atomic E-state index is 5.92. The summed E-state index contributed by atoms with van der Waals surface area (Å²) in [6.07, 6.45) is 1.07. The van der Waals surface area contributed by atoms with Gasteiger partial charge in [0.15, 0.2) is 0 Å². The maximum atomic E-state index is 5.92. The Balaban J connectivity index is 2.68. The van der Waals surface area contributed by atoms with Crippen LogP contribution in [0.2, 0.25) is 0 Å². The number of nitrogens with one attached hydrogen (secondary N) is 2. The van der Waals surface area contributed by atoms with Gasteiger partial charge in [0, 0.05) is 24.7 Å². The second kappa shape index (κ2) is 5.82. The van der Waals surface area contributed by atoms with Crippen LogP contribution in [0, 0.1) is 6.92 Å². The molecule has 0 aromatic carbocycles. The Morgan fingerprint density at radius 1 is 1.24 bits per heavy atom. The van der Waals surface area contributed by atoms with Crippen LogP contribution in [-0.4, -0.2) is 28.6 Å². The minimum Gasteiger partial charge on any atom is -0.370 e. The zero-order chi connectivity index (χ0) is 12.9. The average molecular weight is 237 g/mol. The molecule has 1 heterocycles. The fourth-order valence-corrected chi connectivity index (χ4v) is 1.32. The van der Waals surface area contributed by atoms with Gasteiger partial charge in [-0.05, 0) is 27.2 Å². The molecule has 5 nitrogen and oxygen atoms in total. The minimum absolute atomic E-state index is 0.254. The number of nitrogens with zero attached hydrogens (tertiary/aromatic N) is 2. The molecule has 0 aliphatic carbocycles. The molecule has 17 heavy (non-hydrogen) atoms. The van der Waals surface area contributed by atoms with Crippen LogP contribution in [0.1, 0.15) is 33.0 Å². The fourth-order valence-electron chi connectivity index (χ4n) is 1.32. The largest absolute Gasteiger partial charge is 0.370 e. The Bertz CT molecular complexity index is 356. The first-order valence-corrected chi connectivity index (χ1v) is 6.03. The lowest BCUT2D eigenvalue weighted by Crippen LogP contribution is -2.39. The predicted molar refractivity (Wildman–Crippen MR) is 72.3 cm³/mol. The molecule has 0 radical (unpaired) electrons. The quantitative estimate of drug-likeness (QED) is 0.703. The summed E-state index contributed by atoms with van der Waals surface area (Å²) in [6.45, 7) is 9.55. The molecule has 0 aliphatic rings. The highest BCUT2D eigenvalue weighted by molar-refractivity contribution is 5.47. The second-order valence-corrected chi connectivity index (χ2v) is 4.95. The van der Waals surface area contributed by atoms with E-state index < -0.39 is 0 Å². The highest BCUT2D eigenvalue weighted by Gasteiger charge is 2.10. The van der Waals surface area contributed by atoms with E-state index in [0.29, 0.717) is 6.54 Å². The van der Waals surface area contributed by atoms with Crippen LogP contribution in [0.15, 0.2) is 6.07 Å². The Morgan fingerprint density at radius 3 is 2.35 bits per heavy atom. The van der Waals surface area contributed by atoms with Gasteiger partial charge in [-0.3, -0.25) is 0 Å². The van der Waals surface area contributed by atoms with Gasteiger partial charge in [0.1, 0.15) is 17.5 Å². The smallest absolute Gasteiger partial charge is 0.131 e. The molecule has 0 unspecified atom stereocenters. The number of hydrogen-bond donors (Lipinski definition) is 3. The van der Waals surface area contributed by atoms with Crippen molar-refractivity contribution in [1.29, 1.82) is 0 Å². The molecule has 0 atom stereocenters. The number of anilines is 2. The van der Waals surface area contributed by atoms with Crippen molar-refractivity contribution in [3.05, 3.63) is 11.9 Å². The van der Waals surface area contributed by atoms with Crippen molar-refractivity contribution in [1.82, 2.24) is 9.97 Å². The van der Waals surface area contributed by atoms with E-state index in [4.69, 9.17) is 5.73 Å². The lowest BCUT2D eigenvalue weighted by molar-refractivity contribution is 0.548. The minimum atomic E-state index is -0.254. The van der Waals surface area contributed by atoms with Crippen LogP contribution in [0.4, 0.5) is 11.6 Å². The van der Waals surface area contributed by atoms with Gasteiger partial charge < -0.3 is 16.4 Å². The van der Waals surface area contributed by atoms with E-state index in [9.17, 15) is 0 Å². The van der Waals surface area contributed by atoms with Crippen LogP contribution in [0.5, 0.6) is 0 Å². The maximum Gasteiger partial charge on any atom is 0.131 e. The Labute approximate surface area is 103 Å². The fraction of sp³-hybridized carbons (Fsp3) is 0.667. The van der Waals surface area contributed by atoms with E-state index in [1.165, 1.54) is 0 Å². The molecule has 1 aromatic heterocycles.